The molecule has 0 unspecified atom stereocenters. The quantitative estimate of drug-likeness (QED) is 0.329. The molecule has 0 aromatic rings. The molecule has 0 aliphatic rings. The monoisotopic (exact) mass is 210 g/mol. The Balaban J connectivity index is -0.0000000800. The van der Waals surface area contributed by atoms with Gasteiger partial charge in [-0.25, -0.2) is 4.57 Å². The minimum absolute atomic E-state index is 0. The molecule has 0 saturated heterocycles. The zero-order valence-corrected chi connectivity index (χ0v) is 9.40. The van der Waals surface area contributed by atoms with Crippen LogP contribution in [0.25, 0.3) is 0 Å². The Bertz CT molecular complexity index is 57.8. The molecule has 0 heterocycles. The molecule has 3 N–H and O–H groups in total. The fourth-order valence-corrected chi connectivity index (χ4v) is 0. The van der Waals surface area contributed by atoms with Crippen LogP contribution in [0.2, 0.25) is 0 Å². The summed E-state index contributed by atoms with van der Waals surface area (Å²) in [6.45, 7) is 0. The fourth-order valence-electron chi connectivity index (χ4n) is 0. The molecule has 0 bridgehead atoms. The van der Waals surface area contributed by atoms with Crippen LogP contribution in [0.15, 0.2) is 0 Å². The van der Waals surface area contributed by atoms with Gasteiger partial charge in [-0.15, -0.1) is 0 Å². The Kier molecular flexibility index (Phi) is 15.0. The Morgan fingerprint density at radius 2 is 1.14 bits per heavy atom. The van der Waals surface area contributed by atoms with Gasteiger partial charge in [0, 0.05) is 0 Å². The second-order valence-electron chi connectivity index (χ2n) is 0.513. The molecule has 32 valence electrons. The van der Waals surface area contributed by atoms with E-state index in [0.29, 0.717) is 0 Å². The summed E-state index contributed by atoms with van der Waals surface area (Å²) in [7, 11) is -4.64. The third-order valence-electron chi connectivity index (χ3n) is 0. The van der Waals surface area contributed by atoms with Crippen LogP contribution in [-0.4, -0.2) is 83.2 Å². The molecule has 0 amide bonds. The SMILES string of the molecule is O=P(O)(O)O.[Mg+2].[Sr+2]. The maximum atomic E-state index is 8.88. The molecule has 0 aliphatic heterocycles. The van der Waals surface area contributed by atoms with Crippen molar-refractivity contribution in [2.45, 2.75) is 0 Å². The van der Waals surface area contributed by atoms with E-state index in [1.807, 2.05) is 0 Å². The summed E-state index contributed by atoms with van der Waals surface area (Å²) in [4.78, 5) is 21.6. The van der Waals surface area contributed by atoms with Crippen molar-refractivity contribution in [2.24, 2.45) is 0 Å². The average molecular weight is 210 g/mol. The van der Waals surface area contributed by atoms with Gasteiger partial charge >= 0.3 is 76.4 Å². The first-order chi connectivity index (χ1) is 2.00. The molecule has 0 radical (unpaired) electrons. The van der Waals surface area contributed by atoms with Crippen molar-refractivity contribution in [3.05, 3.63) is 0 Å². The van der Waals surface area contributed by atoms with Crippen LogP contribution in [0.5, 0.6) is 0 Å². The van der Waals surface area contributed by atoms with E-state index in [0.717, 1.165) is 0 Å². The van der Waals surface area contributed by atoms with Gasteiger partial charge in [0.1, 0.15) is 0 Å². The van der Waals surface area contributed by atoms with E-state index in [1.54, 1.807) is 0 Å². The summed E-state index contributed by atoms with van der Waals surface area (Å²) in [5, 5.41) is 0. The maximum Gasteiger partial charge on any atom is 2.00 e. The summed E-state index contributed by atoms with van der Waals surface area (Å²) in [6.07, 6.45) is 0. The Hall–Kier alpha value is 2.36. The van der Waals surface area contributed by atoms with Crippen molar-refractivity contribution in [3.8, 4) is 0 Å². The van der Waals surface area contributed by atoms with E-state index in [-0.39, 0.29) is 68.5 Å². The second-order valence-corrected chi connectivity index (χ2v) is 1.54. The van der Waals surface area contributed by atoms with Crippen LogP contribution in [-0.2, 0) is 4.57 Å². The van der Waals surface area contributed by atoms with E-state index in [4.69, 9.17) is 19.2 Å². The molecule has 0 rings (SSSR count). The Labute approximate surface area is 94.0 Å². The second kappa shape index (κ2) is 6.48. The molecule has 0 spiro atoms. The van der Waals surface area contributed by atoms with E-state index in [2.05, 4.69) is 0 Å². The zero-order chi connectivity index (χ0) is 4.50. The van der Waals surface area contributed by atoms with E-state index in [9.17, 15) is 0 Å². The summed E-state index contributed by atoms with van der Waals surface area (Å²) < 4.78 is 8.88. The fraction of sp³-hybridized carbons (Fsp3) is 0. The van der Waals surface area contributed by atoms with Gasteiger partial charge in [0.05, 0.1) is 0 Å². The summed E-state index contributed by atoms with van der Waals surface area (Å²) in [5.41, 5.74) is 0. The van der Waals surface area contributed by atoms with Crippen molar-refractivity contribution in [1.82, 2.24) is 0 Å². The first kappa shape index (κ1) is 16.2. The predicted octanol–water partition coefficient (Wildman–Crippen LogP) is -1.69. The molecule has 0 atom stereocenters. The number of hydrogen-bond donors (Lipinski definition) is 3. The molecule has 7 heteroatoms. The topological polar surface area (TPSA) is 77.8 Å². The van der Waals surface area contributed by atoms with Gasteiger partial charge in [0.25, 0.3) is 0 Å². The smallest absolute Gasteiger partial charge is 0.303 e. The van der Waals surface area contributed by atoms with Crippen molar-refractivity contribution >= 4 is 76.4 Å². The van der Waals surface area contributed by atoms with Crippen LogP contribution >= 0.6 is 7.82 Å². The number of rotatable bonds is 0. The van der Waals surface area contributed by atoms with Crippen molar-refractivity contribution in [3.63, 3.8) is 0 Å². The molecule has 0 aromatic carbocycles. The normalized spacial score (nSPS) is 8.43. The molecule has 7 heavy (non-hydrogen) atoms. The standard InChI is InChI=1S/Mg.H3O4P.Sr/c;1-5(2,3)4;/h;(H3,1,2,3,4);/q+2;;+2. The predicted molar refractivity (Wildman–Crippen MR) is 25.8 cm³/mol. The summed E-state index contributed by atoms with van der Waals surface area (Å²) in [5.74, 6) is 0. The van der Waals surface area contributed by atoms with Crippen LogP contribution in [0, 0.1) is 0 Å². The third-order valence-corrected chi connectivity index (χ3v) is 0. The van der Waals surface area contributed by atoms with Crippen LogP contribution in [0.1, 0.15) is 0 Å². The molecular weight excluding hydrogens is 207 g/mol. The van der Waals surface area contributed by atoms with Crippen LogP contribution in [0.4, 0.5) is 0 Å². The molecule has 0 aliphatic carbocycles. The molecule has 4 nitrogen and oxygen atoms in total. The molecule has 0 fully saturated rings. The molecular formula is H3MgO4PSr+4. The van der Waals surface area contributed by atoms with Gasteiger partial charge in [-0.3, -0.25) is 0 Å². The minimum Gasteiger partial charge on any atom is -0.303 e. The Morgan fingerprint density at radius 1 is 1.14 bits per heavy atom. The van der Waals surface area contributed by atoms with Crippen LogP contribution < -0.4 is 0 Å². The average Bonchev–Trinajstić information content (AvgIpc) is 0.722. The van der Waals surface area contributed by atoms with Gasteiger partial charge < -0.3 is 14.7 Å². The maximum absolute atomic E-state index is 8.88. The van der Waals surface area contributed by atoms with Crippen LogP contribution in [0.3, 0.4) is 0 Å². The van der Waals surface area contributed by atoms with Gasteiger partial charge in [-0.1, -0.05) is 0 Å². The first-order valence-corrected chi connectivity index (χ1v) is 2.35. The van der Waals surface area contributed by atoms with E-state index >= 15 is 0 Å². The molecule has 0 aromatic heterocycles. The zero-order valence-electron chi connectivity index (χ0n) is 3.61. The van der Waals surface area contributed by atoms with Gasteiger partial charge in [0.2, 0.25) is 0 Å². The van der Waals surface area contributed by atoms with Crippen molar-refractivity contribution in [1.29, 1.82) is 0 Å². The minimum atomic E-state index is -4.64. The van der Waals surface area contributed by atoms with Gasteiger partial charge in [-0.2, -0.15) is 0 Å². The summed E-state index contributed by atoms with van der Waals surface area (Å²) in [6, 6.07) is 0. The third kappa shape index (κ3) is 60.8. The van der Waals surface area contributed by atoms with Gasteiger partial charge in [0.15, 0.2) is 0 Å². The summed E-state index contributed by atoms with van der Waals surface area (Å²) >= 11 is 0. The number of phosphoric acid groups is 1. The van der Waals surface area contributed by atoms with Crippen molar-refractivity contribution in [2.75, 3.05) is 0 Å². The Morgan fingerprint density at radius 3 is 1.14 bits per heavy atom. The number of hydrogen-bond acceptors (Lipinski definition) is 1. The van der Waals surface area contributed by atoms with Gasteiger partial charge in [-0.05, 0) is 0 Å². The van der Waals surface area contributed by atoms with Crippen molar-refractivity contribution < 1.29 is 19.2 Å². The first-order valence-electron chi connectivity index (χ1n) is 0.783. The molecule has 0 saturated carbocycles. The van der Waals surface area contributed by atoms with E-state index in [1.165, 1.54) is 0 Å². The van der Waals surface area contributed by atoms with E-state index < -0.39 is 7.82 Å². The largest absolute Gasteiger partial charge is 2.00 e.